The van der Waals surface area contributed by atoms with Crippen molar-refractivity contribution in [1.82, 2.24) is 5.43 Å². The van der Waals surface area contributed by atoms with E-state index in [-0.39, 0.29) is 4.90 Å². The maximum Gasteiger partial charge on any atom is 0.264 e. The number of methoxy groups -OCH3 is 1. The molecule has 0 saturated heterocycles. The lowest BCUT2D eigenvalue weighted by Gasteiger charge is -2.23. The molecule has 0 atom stereocenters. The Morgan fingerprint density at radius 2 is 1.59 bits per heavy atom. The van der Waals surface area contributed by atoms with E-state index in [4.69, 9.17) is 4.74 Å². The summed E-state index contributed by atoms with van der Waals surface area (Å²) < 4.78 is 32.8. The van der Waals surface area contributed by atoms with Crippen molar-refractivity contribution in [3.05, 3.63) is 90.0 Å². The zero-order valence-electron chi connectivity index (χ0n) is 18.1. The van der Waals surface area contributed by atoms with Gasteiger partial charge in [0.25, 0.3) is 15.9 Å². The molecule has 0 unspecified atom stereocenters. The molecule has 0 fully saturated rings. The van der Waals surface area contributed by atoms with E-state index in [9.17, 15) is 13.2 Å². The molecule has 1 N–H and O–H groups in total. The molecule has 0 spiro atoms. The monoisotopic (exact) mass is 451 g/mol. The summed E-state index contributed by atoms with van der Waals surface area (Å²) in [5, 5.41) is 4.12. The fraction of sp³-hybridized carbons (Fsp3) is 0.167. The van der Waals surface area contributed by atoms with Gasteiger partial charge in [0, 0.05) is 0 Å². The molecule has 0 aliphatic carbocycles. The second-order valence-electron chi connectivity index (χ2n) is 7.12. The minimum atomic E-state index is -3.95. The zero-order valence-corrected chi connectivity index (χ0v) is 19.0. The van der Waals surface area contributed by atoms with Crippen LogP contribution in [0.4, 0.5) is 5.69 Å². The fourth-order valence-electron chi connectivity index (χ4n) is 2.96. The summed E-state index contributed by atoms with van der Waals surface area (Å²) in [4.78, 5) is 12.8. The van der Waals surface area contributed by atoms with Crippen molar-refractivity contribution in [2.75, 3.05) is 18.0 Å². The summed E-state index contributed by atoms with van der Waals surface area (Å²) >= 11 is 0. The molecule has 3 aromatic carbocycles. The average Bonchev–Trinajstić information content (AvgIpc) is 2.81. The van der Waals surface area contributed by atoms with Crippen molar-refractivity contribution in [3.63, 3.8) is 0 Å². The van der Waals surface area contributed by atoms with Gasteiger partial charge in [0.05, 0.1) is 23.4 Å². The Hall–Kier alpha value is -3.65. The first-order valence-corrected chi connectivity index (χ1v) is 11.4. The Labute approximate surface area is 188 Å². The van der Waals surface area contributed by atoms with E-state index in [0.717, 1.165) is 15.4 Å². The summed E-state index contributed by atoms with van der Waals surface area (Å²) in [5.41, 5.74) is 5.16. The third-order valence-electron chi connectivity index (χ3n) is 4.80. The van der Waals surface area contributed by atoms with Gasteiger partial charge in [-0.3, -0.25) is 9.10 Å². The predicted molar refractivity (Wildman–Crippen MR) is 126 cm³/mol. The summed E-state index contributed by atoms with van der Waals surface area (Å²) in [5.74, 6) is 0.155. The predicted octanol–water partition coefficient (Wildman–Crippen LogP) is 3.74. The Balaban J connectivity index is 1.81. The second-order valence-corrected chi connectivity index (χ2v) is 8.98. The number of hydrogen-bond acceptors (Lipinski definition) is 5. The molecule has 0 saturated carbocycles. The molecule has 0 bridgehead atoms. The van der Waals surface area contributed by atoms with Gasteiger partial charge in [0.2, 0.25) is 0 Å². The molecule has 166 valence electrons. The van der Waals surface area contributed by atoms with Crippen LogP contribution in [0.15, 0.2) is 88.9 Å². The summed E-state index contributed by atoms with van der Waals surface area (Å²) in [6.07, 6.45) is 0. The largest absolute Gasteiger partial charge is 0.497 e. The van der Waals surface area contributed by atoms with Gasteiger partial charge in [-0.2, -0.15) is 5.10 Å². The minimum absolute atomic E-state index is 0.109. The quantitative estimate of drug-likeness (QED) is 0.417. The maximum atomic E-state index is 13.3. The lowest BCUT2D eigenvalue weighted by molar-refractivity contribution is -0.119. The molecule has 0 radical (unpaired) electrons. The molecular weight excluding hydrogens is 426 g/mol. The highest BCUT2D eigenvalue weighted by Gasteiger charge is 2.27. The number of anilines is 1. The van der Waals surface area contributed by atoms with Crippen molar-refractivity contribution >= 4 is 27.3 Å². The van der Waals surface area contributed by atoms with E-state index in [1.165, 1.54) is 12.1 Å². The highest BCUT2D eigenvalue weighted by Crippen LogP contribution is 2.23. The summed E-state index contributed by atoms with van der Waals surface area (Å²) in [6, 6.07) is 22.2. The first-order valence-electron chi connectivity index (χ1n) is 9.93. The van der Waals surface area contributed by atoms with Gasteiger partial charge in [0.1, 0.15) is 12.3 Å². The van der Waals surface area contributed by atoms with E-state index in [1.807, 2.05) is 19.1 Å². The molecular formula is C24H25N3O4S. The maximum absolute atomic E-state index is 13.3. The number of amides is 1. The van der Waals surface area contributed by atoms with Crippen LogP contribution in [-0.2, 0) is 14.8 Å². The number of para-hydroxylation sites is 1. The minimum Gasteiger partial charge on any atom is -0.497 e. The number of benzene rings is 3. The van der Waals surface area contributed by atoms with Crippen LogP contribution in [0.5, 0.6) is 5.75 Å². The number of aryl methyl sites for hydroxylation is 1. The first-order chi connectivity index (χ1) is 15.3. The highest BCUT2D eigenvalue weighted by atomic mass is 32.2. The number of nitrogens with one attached hydrogen (secondary N) is 1. The van der Waals surface area contributed by atoms with Gasteiger partial charge in [-0.1, -0.05) is 35.9 Å². The summed E-state index contributed by atoms with van der Waals surface area (Å²) in [7, 11) is -2.37. The van der Waals surface area contributed by atoms with Gasteiger partial charge in [-0.15, -0.1) is 0 Å². The van der Waals surface area contributed by atoms with E-state index >= 15 is 0 Å². The third-order valence-corrected chi connectivity index (χ3v) is 6.58. The standard InChI is InChI=1S/C24H25N3O4S/c1-18-9-15-23(16-10-18)32(29,30)27(21-7-5-4-6-8-21)17-24(28)26-25-19(2)20-11-13-22(31-3)14-12-20/h4-16H,17H2,1-3H3,(H,26,28)/b25-19-. The number of carbonyl (C=O) groups excluding carboxylic acids is 1. The Kier molecular flexibility index (Phi) is 7.27. The number of hydrogen-bond donors (Lipinski definition) is 1. The van der Waals surface area contributed by atoms with Crippen LogP contribution in [0.1, 0.15) is 18.1 Å². The molecule has 8 heteroatoms. The average molecular weight is 452 g/mol. The molecule has 0 aliphatic heterocycles. The normalized spacial score (nSPS) is 11.7. The molecule has 3 rings (SSSR count). The topological polar surface area (TPSA) is 88.1 Å². The molecule has 7 nitrogen and oxygen atoms in total. The number of hydrazone groups is 1. The van der Waals surface area contributed by atoms with Crippen molar-refractivity contribution in [2.24, 2.45) is 5.10 Å². The van der Waals surface area contributed by atoms with Crippen molar-refractivity contribution in [2.45, 2.75) is 18.7 Å². The van der Waals surface area contributed by atoms with Gasteiger partial charge < -0.3 is 4.74 Å². The molecule has 32 heavy (non-hydrogen) atoms. The van der Waals surface area contributed by atoms with Gasteiger partial charge in [0.15, 0.2) is 0 Å². The third kappa shape index (κ3) is 5.53. The Bertz CT molecular complexity index is 1190. The van der Waals surface area contributed by atoms with Gasteiger partial charge in [-0.05, 0) is 67.9 Å². The summed E-state index contributed by atoms with van der Waals surface area (Å²) in [6.45, 7) is 3.21. The van der Waals surface area contributed by atoms with Crippen LogP contribution in [0.2, 0.25) is 0 Å². The fourth-order valence-corrected chi connectivity index (χ4v) is 4.38. The molecule has 1 amide bonds. The lowest BCUT2D eigenvalue weighted by Crippen LogP contribution is -2.39. The zero-order chi connectivity index (χ0) is 23.1. The van der Waals surface area contributed by atoms with E-state index in [0.29, 0.717) is 17.1 Å². The molecule has 0 aliphatic rings. The number of carbonyl (C=O) groups is 1. The van der Waals surface area contributed by atoms with Crippen molar-refractivity contribution in [3.8, 4) is 5.75 Å². The second kappa shape index (κ2) is 10.1. The smallest absolute Gasteiger partial charge is 0.264 e. The van der Waals surface area contributed by atoms with Gasteiger partial charge >= 0.3 is 0 Å². The molecule has 3 aromatic rings. The first kappa shape index (κ1) is 23.0. The number of nitrogens with zero attached hydrogens (tertiary/aromatic N) is 2. The van der Waals surface area contributed by atoms with E-state index in [1.54, 1.807) is 68.6 Å². The number of rotatable bonds is 8. The van der Waals surface area contributed by atoms with Crippen molar-refractivity contribution < 1.29 is 17.9 Å². The van der Waals surface area contributed by atoms with Crippen LogP contribution < -0.4 is 14.5 Å². The Morgan fingerprint density at radius 1 is 0.969 bits per heavy atom. The van der Waals surface area contributed by atoms with Crippen molar-refractivity contribution in [1.29, 1.82) is 0 Å². The SMILES string of the molecule is COc1ccc(/C(C)=N\NC(=O)CN(c2ccccc2)S(=O)(=O)c2ccc(C)cc2)cc1. The van der Waals surface area contributed by atoms with Crippen LogP contribution in [0.25, 0.3) is 0 Å². The van der Waals surface area contributed by atoms with Gasteiger partial charge in [-0.25, -0.2) is 13.8 Å². The van der Waals surface area contributed by atoms with Crippen LogP contribution in [0, 0.1) is 6.92 Å². The number of sulfonamides is 1. The highest BCUT2D eigenvalue weighted by molar-refractivity contribution is 7.92. The Morgan fingerprint density at radius 3 is 2.19 bits per heavy atom. The lowest BCUT2D eigenvalue weighted by atomic mass is 10.1. The van der Waals surface area contributed by atoms with E-state index in [2.05, 4.69) is 10.5 Å². The molecule has 0 heterocycles. The van der Waals surface area contributed by atoms with Crippen LogP contribution >= 0.6 is 0 Å². The van der Waals surface area contributed by atoms with Crippen LogP contribution in [0.3, 0.4) is 0 Å². The molecule has 0 aromatic heterocycles. The number of ether oxygens (including phenoxy) is 1. The van der Waals surface area contributed by atoms with E-state index < -0.39 is 22.5 Å². The van der Waals surface area contributed by atoms with Crippen LogP contribution in [-0.4, -0.2) is 33.7 Å².